The summed E-state index contributed by atoms with van der Waals surface area (Å²) in [6, 6.07) is 22.5. The third-order valence-electron chi connectivity index (χ3n) is 4.97. The Morgan fingerprint density at radius 1 is 1.03 bits per heavy atom. The van der Waals surface area contributed by atoms with E-state index in [2.05, 4.69) is 15.6 Å². The van der Waals surface area contributed by atoms with Gasteiger partial charge in [-0.25, -0.2) is 4.98 Å². The first kappa shape index (κ1) is 21.5. The number of aromatic nitrogens is 1. The van der Waals surface area contributed by atoms with Crippen molar-refractivity contribution < 1.29 is 14.3 Å². The predicted octanol–water partition coefficient (Wildman–Crippen LogP) is 5.18. The maximum absolute atomic E-state index is 12.8. The van der Waals surface area contributed by atoms with Crippen LogP contribution in [0.15, 0.2) is 72.8 Å². The number of ether oxygens (including phenoxy) is 1. The van der Waals surface area contributed by atoms with Gasteiger partial charge in [0.2, 0.25) is 11.8 Å². The van der Waals surface area contributed by atoms with Crippen molar-refractivity contribution in [1.29, 1.82) is 0 Å². The van der Waals surface area contributed by atoms with Gasteiger partial charge in [-0.1, -0.05) is 36.4 Å². The SMILES string of the molecule is COc1ccc(C(CC(=O)Nc2cccc(-c3nc4ccccc4s3)c2)NC(C)=O)cc1. The average Bonchev–Trinajstić information content (AvgIpc) is 3.23. The predicted molar refractivity (Wildman–Crippen MR) is 128 cm³/mol. The Morgan fingerprint density at radius 2 is 1.81 bits per heavy atom. The number of rotatable bonds is 7. The number of methoxy groups -OCH3 is 1. The Hall–Kier alpha value is -3.71. The van der Waals surface area contributed by atoms with E-state index < -0.39 is 6.04 Å². The number of nitrogens with zero attached hydrogens (tertiary/aromatic N) is 1. The summed E-state index contributed by atoms with van der Waals surface area (Å²) < 4.78 is 6.31. The van der Waals surface area contributed by atoms with Gasteiger partial charge in [0, 0.05) is 18.2 Å². The Labute approximate surface area is 190 Å². The van der Waals surface area contributed by atoms with Gasteiger partial charge >= 0.3 is 0 Å². The van der Waals surface area contributed by atoms with Crippen molar-refractivity contribution in [2.45, 2.75) is 19.4 Å². The lowest BCUT2D eigenvalue weighted by Gasteiger charge is -2.18. The smallest absolute Gasteiger partial charge is 0.226 e. The third kappa shape index (κ3) is 5.12. The molecule has 6 nitrogen and oxygen atoms in total. The first-order chi connectivity index (χ1) is 15.5. The van der Waals surface area contributed by atoms with Gasteiger partial charge in [-0.05, 0) is 42.0 Å². The van der Waals surface area contributed by atoms with E-state index in [9.17, 15) is 9.59 Å². The molecular weight excluding hydrogens is 422 g/mol. The highest BCUT2D eigenvalue weighted by Gasteiger charge is 2.18. The summed E-state index contributed by atoms with van der Waals surface area (Å²) in [5.74, 6) is 0.323. The summed E-state index contributed by atoms with van der Waals surface area (Å²) in [5, 5.41) is 6.70. The van der Waals surface area contributed by atoms with Crippen LogP contribution in [0.25, 0.3) is 20.8 Å². The molecule has 0 aliphatic rings. The number of carbonyl (C=O) groups is 2. The number of thiazole rings is 1. The lowest BCUT2D eigenvalue weighted by molar-refractivity contribution is -0.120. The molecular formula is C25H23N3O3S. The topological polar surface area (TPSA) is 80.3 Å². The van der Waals surface area contributed by atoms with Crippen LogP contribution in [0, 0.1) is 0 Å². The molecule has 4 aromatic rings. The van der Waals surface area contributed by atoms with Crippen molar-refractivity contribution >= 4 is 39.1 Å². The van der Waals surface area contributed by atoms with E-state index in [1.807, 2.05) is 72.8 Å². The first-order valence-corrected chi connectivity index (χ1v) is 11.0. The Kier molecular flexibility index (Phi) is 6.47. The first-order valence-electron chi connectivity index (χ1n) is 10.2. The molecule has 4 rings (SSSR count). The lowest BCUT2D eigenvalue weighted by Crippen LogP contribution is -2.29. The summed E-state index contributed by atoms with van der Waals surface area (Å²) >= 11 is 1.61. The molecule has 1 aromatic heterocycles. The van der Waals surface area contributed by atoms with Crippen LogP contribution in [-0.2, 0) is 9.59 Å². The van der Waals surface area contributed by atoms with E-state index in [1.54, 1.807) is 18.4 Å². The zero-order valence-electron chi connectivity index (χ0n) is 17.8. The normalized spacial score (nSPS) is 11.7. The van der Waals surface area contributed by atoms with Gasteiger partial charge in [0.1, 0.15) is 10.8 Å². The number of nitrogens with one attached hydrogen (secondary N) is 2. The summed E-state index contributed by atoms with van der Waals surface area (Å²) in [6.07, 6.45) is 0.108. The van der Waals surface area contributed by atoms with Crippen LogP contribution in [0.4, 0.5) is 5.69 Å². The molecule has 0 aliphatic heterocycles. The van der Waals surface area contributed by atoms with Crippen LogP contribution in [-0.4, -0.2) is 23.9 Å². The fraction of sp³-hybridized carbons (Fsp3) is 0.160. The van der Waals surface area contributed by atoms with Crippen LogP contribution < -0.4 is 15.4 Å². The van der Waals surface area contributed by atoms with Gasteiger partial charge in [0.05, 0.1) is 29.8 Å². The largest absolute Gasteiger partial charge is 0.497 e. The van der Waals surface area contributed by atoms with Crippen molar-refractivity contribution in [2.75, 3.05) is 12.4 Å². The molecule has 0 bridgehead atoms. The standard InChI is InChI=1S/C25H23N3O3S/c1-16(29)26-22(17-10-12-20(31-2)13-11-17)15-24(30)27-19-7-5-6-18(14-19)25-28-21-8-3-4-9-23(21)32-25/h3-14,22H,15H2,1-2H3,(H,26,29)(H,27,30). The molecule has 2 amide bonds. The van der Waals surface area contributed by atoms with E-state index in [1.165, 1.54) is 6.92 Å². The number of fused-ring (bicyclic) bond motifs is 1. The van der Waals surface area contributed by atoms with Crippen LogP contribution >= 0.6 is 11.3 Å². The average molecular weight is 446 g/mol. The fourth-order valence-electron chi connectivity index (χ4n) is 3.46. The minimum absolute atomic E-state index is 0.108. The maximum Gasteiger partial charge on any atom is 0.226 e. The van der Waals surface area contributed by atoms with Crippen LogP contribution in [0.5, 0.6) is 5.75 Å². The minimum Gasteiger partial charge on any atom is -0.497 e. The highest BCUT2D eigenvalue weighted by Crippen LogP contribution is 2.31. The molecule has 0 saturated heterocycles. The second kappa shape index (κ2) is 9.62. The molecule has 1 unspecified atom stereocenters. The van der Waals surface area contributed by atoms with E-state index in [0.717, 1.165) is 26.4 Å². The quantitative estimate of drug-likeness (QED) is 0.411. The second-order valence-electron chi connectivity index (χ2n) is 7.35. The molecule has 1 heterocycles. The highest BCUT2D eigenvalue weighted by atomic mass is 32.1. The fourth-order valence-corrected chi connectivity index (χ4v) is 4.42. The van der Waals surface area contributed by atoms with E-state index in [4.69, 9.17) is 4.74 Å². The minimum atomic E-state index is -0.439. The Bertz CT molecular complexity index is 1220. The molecule has 1 atom stereocenters. The molecule has 0 aliphatic carbocycles. The number of para-hydroxylation sites is 1. The third-order valence-corrected chi connectivity index (χ3v) is 6.06. The molecule has 7 heteroatoms. The number of hydrogen-bond donors (Lipinski definition) is 2. The number of anilines is 1. The number of carbonyl (C=O) groups excluding carboxylic acids is 2. The van der Waals surface area contributed by atoms with Gasteiger partial charge in [0.15, 0.2) is 0 Å². The van der Waals surface area contributed by atoms with Gasteiger partial charge in [-0.2, -0.15) is 0 Å². The number of hydrogen-bond acceptors (Lipinski definition) is 5. The monoisotopic (exact) mass is 445 g/mol. The van der Waals surface area contributed by atoms with Crippen molar-refractivity contribution in [3.05, 3.63) is 78.4 Å². The zero-order chi connectivity index (χ0) is 22.5. The van der Waals surface area contributed by atoms with Crippen molar-refractivity contribution in [3.63, 3.8) is 0 Å². The summed E-state index contributed by atoms with van der Waals surface area (Å²) in [7, 11) is 1.59. The van der Waals surface area contributed by atoms with Crippen LogP contribution in [0.2, 0.25) is 0 Å². The molecule has 162 valence electrons. The number of benzene rings is 3. The van der Waals surface area contributed by atoms with Gasteiger partial charge in [-0.15, -0.1) is 11.3 Å². The Morgan fingerprint density at radius 3 is 2.53 bits per heavy atom. The molecule has 0 fully saturated rings. The summed E-state index contributed by atoms with van der Waals surface area (Å²) in [4.78, 5) is 29.2. The lowest BCUT2D eigenvalue weighted by atomic mass is 10.0. The molecule has 2 N–H and O–H groups in total. The molecule has 32 heavy (non-hydrogen) atoms. The summed E-state index contributed by atoms with van der Waals surface area (Å²) in [6.45, 7) is 1.44. The van der Waals surface area contributed by atoms with Crippen LogP contribution in [0.1, 0.15) is 24.9 Å². The molecule has 0 saturated carbocycles. The van der Waals surface area contributed by atoms with E-state index in [0.29, 0.717) is 11.4 Å². The van der Waals surface area contributed by atoms with E-state index in [-0.39, 0.29) is 18.2 Å². The van der Waals surface area contributed by atoms with Gasteiger partial charge in [0.25, 0.3) is 0 Å². The molecule has 0 radical (unpaired) electrons. The Balaban J connectivity index is 1.49. The van der Waals surface area contributed by atoms with Crippen molar-refractivity contribution in [3.8, 4) is 16.3 Å². The molecule has 0 spiro atoms. The highest BCUT2D eigenvalue weighted by molar-refractivity contribution is 7.21. The van der Waals surface area contributed by atoms with Crippen molar-refractivity contribution in [1.82, 2.24) is 10.3 Å². The van der Waals surface area contributed by atoms with Gasteiger partial charge < -0.3 is 15.4 Å². The van der Waals surface area contributed by atoms with Crippen molar-refractivity contribution in [2.24, 2.45) is 0 Å². The zero-order valence-corrected chi connectivity index (χ0v) is 18.6. The second-order valence-corrected chi connectivity index (χ2v) is 8.38. The molecule has 3 aromatic carbocycles. The van der Waals surface area contributed by atoms with E-state index >= 15 is 0 Å². The summed E-state index contributed by atoms with van der Waals surface area (Å²) in [5.41, 5.74) is 3.42. The van der Waals surface area contributed by atoms with Gasteiger partial charge in [-0.3, -0.25) is 9.59 Å². The van der Waals surface area contributed by atoms with Crippen LogP contribution in [0.3, 0.4) is 0 Å². The maximum atomic E-state index is 12.8. The number of amides is 2.